The molecule has 0 radical (unpaired) electrons. The van der Waals surface area contributed by atoms with E-state index >= 15 is 0 Å². The van der Waals surface area contributed by atoms with Crippen LogP contribution in [0.1, 0.15) is 28.8 Å². The van der Waals surface area contributed by atoms with Crippen LogP contribution in [0.4, 0.5) is 0 Å². The van der Waals surface area contributed by atoms with Gasteiger partial charge in [-0.15, -0.1) is 0 Å². The molecule has 0 unspecified atom stereocenters. The van der Waals surface area contributed by atoms with Crippen LogP contribution in [-0.4, -0.2) is 44.1 Å². The van der Waals surface area contributed by atoms with Gasteiger partial charge in [0.1, 0.15) is 0 Å². The van der Waals surface area contributed by atoms with E-state index in [0.717, 1.165) is 32.5 Å². The molecule has 7 nitrogen and oxygen atoms in total. The van der Waals surface area contributed by atoms with Crippen LogP contribution in [0.15, 0.2) is 59.5 Å². The highest BCUT2D eigenvalue weighted by molar-refractivity contribution is 7.89. The molecule has 3 N–H and O–H groups in total. The number of hydroxylamine groups is 1. The highest BCUT2D eigenvalue weighted by Gasteiger charge is 2.22. The molecule has 2 aromatic carbocycles. The predicted molar refractivity (Wildman–Crippen MR) is 105 cm³/mol. The summed E-state index contributed by atoms with van der Waals surface area (Å²) < 4.78 is 27.6. The molecule has 150 valence electrons. The number of carbonyl (C=O) groups is 1. The van der Waals surface area contributed by atoms with Gasteiger partial charge in [0.2, 0.25) is 10.0 Å². The van der Waals surface area contributed by atoms with E-state index in [1.165, 1.54) is 35.3 Å². The zero-order valence-electron chi connectivity index (χ0n) is 15.5. The first-order valence-corrected chi connectivity index (χ1v) is 10.8. The minimum absolute atomic E-state index is 0.100. The van der Waals surface area contributed by atoms with Gasteiger partial charge in [-0.25, -0.2) is 18.6 Å². The fourth-order valence-corrected chi connectivity index (χ4v) is 4.47. The monoisotopic (exact) mass is 403 g/mol. The number of nitrogens with zero attached hydrogens (tertiary/aromatic N) is 1. The van der Waals surface area contributed by atoms with Crippen molar-refractivity contribution in [3.05, 3.63) is 65.7 Å². The van der Waals surface area contributed by atoms with E-state index in [1.807, 2.05) is 18.2 Å². The Labute approximate surface area is 165 Å². The number of carbonyl (C=O) groups excluding carboxylic acids is 1. The van der Waals surface area contributed by atoms with E-state index in [-0.39, 0.29) is 10.5 Å². The minimum atomic E-state index is -3.63. The second kappa shape index (κ2) is 9.29. The Balaban J connectivity index is 1.48. The Kier molecular flexibility index (Phi) is 6.79. The van der Waals surface area contributed by atoms with E-state index in [0.29, 0.717) is 12.5 Å². The van der Waals surface area contributed by atoms with Crippen molar-refractivity contribution in [2.24, 2.45) is 5.92 Å². The van der Waals surface area contributed by atoms with E-state index < -0.39 is 15.9 Å². The summed E-state index contributed by atoms with van der Waals surface area (Å²) in [4.78, 5) is 13.8. The zero-order valence-corrected chi connectivity index (χ0v) is 16.4. The Hall–Kier alpha value is -2.26. The zero-order chi connectivity index (χ0) is 20.0. The predicted octanol–water partition coefficient (Wildman–Crippen LogP) is 2.00. The summed E-state index contributed by atoms with van der Waals surface area (Å²) in [5, 5.41) is 8.61. The van der Waals surface area contributed by atoms with Gasteiger partial charge in [-0.3, -0.25) is 14.9 Å². The molecule has 1 fully saturated rings. The highest BCUT2D eigenvalue weighted by atomic mass is 32.2. The lowest BCUT2D eigenvalue weighted by atomic mass is 9.97. The molecule has 1 aliphatic heterocycles. The topological polar surface area (TPSA) is 98.7 Å². The molecule has 28 heavy (non-hydrogen) atoms. The van der Waals surface area contributed by atoms with Crippen molar-refractivity contribution in [1.82, 2.24) is 15.1 Å². The number of rotatable bonds is 7. The lowest BCUT2D eigenvalue weighted by Gasteiger charge is -2.32. The van der Waals surface area contributed by atoms with E-state index in [4.69, 9.17) is 5.21 Å². The number of hydrogen-bond donors (Lipinski definition) is 3. The molecule has 3 rings (SSSR count). The summed E-state index contributed by atoms with van der Waals surface area (Å²) >= 11 is 0. The first-order chi connectivity index (χ1) is 13.5. The number of benzene rings is 2. The molecule has 8 heteroatoms. The maximum absolute atomic E-state index is 12.5. The summed E-state index contributed by atoms with van der Waals surface area (Å²) in [5.41, 5.74) is 3.00. The Bertz CT molecular complexity index is 877. The van der Waals surface area contributed by atoms with Crippen LogP contribution in [0.3, 0.4) is 0 Å². The third kappa shape index (κ3) is 5.39. The standard InChI is InChI=1S/C20H25N3O4S/c24-20(22-25)18-6-8-19(9-7-18)28(26,27)21-14-16-10-12-23(13-11-16)15-17-4-2-1-3-5-17/h1-9,16,21,25H,10-15H2,(H,22,24). The molecule has 0 bridgehead atoms. The van der Waals surface area contributed by atoms with Gasteiger partial charge in [0.15, 0.2) is 0 Å². The molecule has 1 heterocycles. The molecule has 0 aromatic heterocycles. The summed E-state index contributed by atoms with van der Waals surface area (Å²) in [6, 6.07) is 15.8. The summed E-state index contributed by atoms with van der Waals surface area (Å²) in [6.07, 6.45) is 1.90. The highest BCUT2D eigenvalue weighted by Crippen LogP contribution is 2.19. The van der Waals surface area contributed by atoms with Crippen LogP contribution < -0.4 is 10.2 Å². The first-order valence-electron chi connectivity index (χ1n) is 9.28. The largest absolute Gasteiger partial charge is 0.299 e. The van der Waals surface area contributed by atoms with Crippen LogP contribution in [0.5, 0.6) is 0 Å². The second-order valence-corrected chi connectivity index (χ2v) is 8.79. The van der Waals surface area contributed by atoms with Gasteiger partial charge in [-0.05, 0) is 61.7 Å². The third-order valence-corrected chi connectivity index (χ3v) is 6.49. The fraction of sp³-hybridized carbons (Fsp3) is 0.350. The van der Waals surface area contributed by atoms with Gasteiger partial charge in [-0.2, -0.15) is 0 Å². The molecular weight excluding hydrogens is 378 g/mol. The van der Waals surface area contributed by atoms with Crippen LogP contribution in [-0.2, 0) is 16.6 Å². The van der Waals surface area contributed by atoms with Gasteiger partial charge in [0, 0.05) is 18.7 Å². The maximum Gasteiger partial charge on any atom is 0.274 e. The lowest BCUT2D eigenvalue weighted by Crippen LogP contribution is -2.38. The van der Waals surface area contributed by atoms with Crippen molar-refractivity contribution in [3.63, 3.8) is 0 Å². The molecule has 1 amide bonds. The van der Waals surface area contributed by atoms with Gasteiger partial charge >= 0.3 is 0 Å². The van der Waals surface area contributed by atoms with E-state index in [1.54, 1.807) is 0 Å². The molecular formula is C20H25N3O4S. The molecule has 1 saturated heterocycles. The first kappa shape index (κ1) is 20.5. The van der Waals surface area contributed by atoms with Crippen molar-refractivity contribution in [1.29, 1.82) is 0 Å². The average molecular weight is 404 g/mol. The Morgan fingerprint density at radius 2 is 1.68 bits per heavy atom. The quantitative estimate of drug-likeness (QED) is 0.485. The van der Waals surface area contributed by atoms with Gasteiger partial charge in [-0.1, -0.05) is 30.3 Å². The number of nitrogens with one attached hydrogen (secondary N) is 2. The number of sulfonamides is 1. The van der Waals surface area contributed by atoms with Crippen molar-refractivity contribution in [2.75, 3.05) is 19.6 Å². The molecule has 0 saturated carbocycles. The van der Waals surface area contributed by atoms with Crippen molar-refractivity contribution < 1.29 is 18.4 Å². The van der Waals surface area contributed by atoms with E-state index in [9.17, 15) is 13.2 Å². The normalized spacial score (nSPS) is 16.0. The minimum Gasteiger partial charge on any atom is -0.299 e. The number of likely N-dealkylation sites (tertiary alicyclic amines) is 1. The number of piperidine rings is 1. The van der Waals surface area contributed by atoms with Crippen LogP contribution in [0.2, 0.25) is 0 Å². The number of hydrogen-bond acceptors (Lipinski definition) is 5. The SMILES string of the molecule is O=C(NO)c1ccc(S(=O)(=O)NCC2CCN(Cc3ccccc3)CC2)cc1. The maximum atomic E-state index is 12.5. The van der Waals surface area contributed by atoms with Crippen molar-refractivity contribution >= 4 is 15.9 Å². The smallest absolute Gasteiger partial charge is 0.274 e. The third-order valence-electron chi connectivity index (χ3n) is 5.05. The van der Waals surface area contributed by atoms with Gasteiger partial charge in [0.05, 0.1) is 4.90 Å². The van der Waals surface area contributed by atoms with Gasteiger partial charge < -0.3 is 0 Å². The Morgan fingerprint density at radius 1 is 1.04 bits per heavy atom. The van der Waals surface area contributed by atoms with Crippen LogP contribution in [0, 0.1) is 5.92 Å². The molecule has 0 aliphatic carbocycles. The fourth-order valence-electron chi connectivity index (χ4n) is 3.35. The summed E-state index contributed by atoms with van der Waals surface area (Å²) in [6.45, 7) is 3.23. The summed E-state index contributed by atoms with van der Waals surface area (Å²) in [5.74, 6) is -0.375. The van der Waals surface area contributed by atoms with Crippen LogP contribution in [0.25, 0.3) is 0 Å². The average Bonchev–Trinajstić information content (AvgIpc) is 2.73. The van der Waals surface area contributed by atoms with Crippen molar-refractivity contribution in [3.8, 4) is 0 Å². The van der Waals surface area contributed by atoms with Gasteiger partial charge in [0.25, 0.3) is 5.91 Å². The Morgan fingerprint density at radius 3 is 2.29 bits per heavy atom. The molecule has 0 atom stereocenters. The van der Waals surface area contributed by atoms with E-state index in [2.05, 4.69) is 21.8 Å². The molecule has 1 aliphatic rings. The lowest BCUT2D eigenvalue weighted by molar-refractivity contribution is 0.0706. The second-order valence-electron chi connectivity index (χ2n) is 7.02. The molecule has 2 aromatic rings. The van der Waals surface area contributed by atoms with Crippen molar-refractivity contribution in [2.45, 2.75) is 24.3 Å². The molecule has 0 spiro atoms. The number of amides is 1. The summed E-state index contributed by atoms with van der Waals surface area (Å²) in [7, 11) is -3.63. The van der Waals surface area contributed by atoms with Crippen LogP contribution >= 0.6 is 0 Å².